The maximum atomic E-state index is 13.5. The molecule has 156 valence electrons. The molecule has 0 bridgehead atoms. The molecule has 2 aromatic rings. The Morgan fingerprint density at radius 1 is 1.30 bits per heavy atom. The lowest BCUT2D eigenvalue weighted by Crippen LogP contribution is -3.14. The number of ether oxygens (including phenoxy) is 2. The van der Waals surface area contributed by atoms with E-state index in [2.05, 4.69) is 6.07 Å². The maximum Gasteiger partial charge on any atom is 0.258 e. The lowest BCUT2D eigenvalue weighted by molar-refractivity contribution is -0.908. The monoisotopic (exact) mass is 411 g/mol. The minimum Gasteiger partial charge on any atom is -0.440 e. The average Bonchev–Trinajstić information content (AvgIpc) is 2.74. The van der Waals surface area contributed by atoms with E-state index < -0.39 is 11.7 Å². The number of aromatic nitrogens is 1. The third-order valence-electron chi connectivity index (χ3n) is 5.78. The van der Waals surface area contributed by atoms with E-state index in [1.165, 1.54) is 17.0 Å². The second kappa shape index (κ2) is 8.30. The van der Waals surface area contributed by atoms with Gasteiger partial charge in [-0.15, -0.1) is 0 Å². The molecule has 1 aromatic carbocycles. The molecule has 4 rings (SSSR count). The van der Waals surface area contributed by atoms with Gasteiger partial charge in [-0.2, -0.15) is 5.26 Å². The molecule has 8 heteroatoms. The van der Waals surface area contributed by atoms with Crippen molar-refractivity contribution in [1.82, 2.24) is 4.57 Å². The minimum absolute atomic E-state index is 0.0337. The summed E-state index contributed by atoms with van der Waals surface area (Å²) in [7, 11) is 0. The maximum absolute atomic E-state index is 13.5. The van der Waals surface area contributed by atoms with Gasteiger partial charge in [0, 0.05) is 11.8 Å². The number of nitrogens with zero attached hydrogens (tertiary/aromatic N) is 2. The number of pyridine rings is 1. The number of nitrogens with one attached hydrogen (secondary N) is 1. The van der Waals surface area contributed by atoms with E-state index in [9.17, 15) is 14.4 Å². The Morgan fingerprint density at radius 2 is 2.00 bits per heavy atom. The van der Waals surface area contributed by atoms with Crippen LogP contribution in [0.3, 0.4) is 0 Å². The number of benzene rings is 1. The van der Waals surface area contributed by atoms with E-state index in [1.54, 1.807) is 22.8 Å². The van der Waals surface area contributed by atoms with Crippen LogP contribution in [0, 0.1) is 24.1 Å². The molecule has 0 saturated carbocycles. The molecule has 1 atom stereocenters. The summed E-state index contributed by atoms with van der Waals surface area (Å²) < 4.78 is 26.2. The molecule has 0 radical (unpaired) electrons. The van der Waals surface area contributed by atoms with E-state index in [0.717, 1.165) is 38.5 Å². The van der Waals surface area contributed by atoms with Crippen molar-refractivity contribution in [3.05, 3.63) is 74.8 Å². The molecule has 3 N–H and O–H groups in total. The van der Waals surface area contributed by atoms with Gasteiger partial charge in [-0.25, -0.2) is 4.39 Å². The molecule has 0 unspecified atom stereocenters. The van der Waals surface area contributed by atoms with E-state index >= 15 is 0 Å². The second-order valence-electron chi connectivity index (χ2n) is 7.61. The third-order valence-corrected chi connectivity index (χ3v) is 5.78. The van der Waals surface area contributed by atoms with Crippen molar-refractivity contribution in [2.24, 2.45) is 5.73 Å². The normalized spacial score (nSPS) is 19.2. The van der Waals surface area contributed by atoms with Crippen molar-refractivity contribution in [2.75, 3.05) is 32.8 Å². The van der Waals surface area contributed by atoms with Crippen LogP contribution in [0.25, 0.3) is 0 Å². The predicted molar refractivity (Wildman–Crippen MR) is 108 cm³/mol. The van der Waals surface area contributed by atoms with Gasteiger partial charge in [0.1, 0.15) is 36.3 Å². The molecule has 0 spiro atoms. The van der Waals surface area contributed by atoms with Crippen molar-refractivity contribution in [3.8, 4) is 11.8 Å². The second-order valence-corrected chi connectivity index (χ2v) is 7.61. The number of fused-ring (bicyclic) bond motifs is 1. The summed E-state index contributed by atoms with van der Waals surface area (Å²) in [6.07, 6.45) is 0. The van der Waals surface area contributed by atoms with Gasteiger partial charge in [0.2, 0.25) is 5.88 Å². The van der Waals surface area contributed by atoms with Crippen LogP contribution in [0.2, 0.25) is 0 Å². The van der Waals surface area contributed by atoms with Crippen LogP contribution in [0.4, 0.5) is 4.39 Å². The standard InChI is InChI=1S/C22H23FN4O3/c1-14-12-18-20(22(28)27(14)7-6-26-8-10-29-11-9-26)19(17(13-24)21(25)30-18)15-2-4-16(23)5-3-15/h2-5,12,19H,6-11,25H2,1H3/p+1/t19-/m0/s1. The number of hydrogen-bond acceptors (Lipinski definition) is 5. The number of rotatable bonds is 4. The van der Waals surface area contributed by atoms with Crippen molar-refractivity contribution in [2.45, 2.75) is 19.4 Å². The average molecular weight is 411 g/mol. The summed E-state index contributed by atoms with van der Waals surface area (Å²) in [5.41, 5.74) is 7.67. The zero-order valence-electron chi connectivity index (χ0n) is 16.8. The number of nitrogens with two attached hydrogens (primary N) is 1. The highest BCUT2D eigenvalue weighted by atomic mass is 19.1. The molecule has 1 fully saturated rings. The lowest BCUT2D eigenvalue weighted by atomic mass is 9.84. The number of hydrogen-bond donors (Lipinski definition) is 2. The fraction of sp³-hybridized carbons (Fsp3) is 0.364. The summed E-state index contributed by atoms with van der Waals surface area (Å²) in [6, 6.07) is 9.61. The topological polar surface area (TPSA) is 94.7 Å². The molecule has 3 heterocycles. The SMILES string of the molecule is Cc1cc2c(c(=O)n1CC[NH+]1CCOCC1)[C@@H](c1ccc(F)cc1)C(C#N)=C(N)O2. The van der Waals surface area contributed by atoms with Gasteiger partial charge in [-0.05, 0) is 24.6 Å². The summed E-state index contributed by atoms with van der Waals surface area (Å²) in [5, 5.41) is 9.70. The van der Waals surface area contributed by atoms with Gasteiger partial charge in [0.15, 0.2) is 0 Å². The molecule has 2 aliphatic heterocycles. The van der Waals surface area contributed by atoms with E-state index in [1.807, 2.05) is 6.92 Å². The number of aryl methyl sites for hydroxylation is 1. The highest BCUT2D eigenvalue weighted by molar-refractivity contribution is 5.55. The van der Waals surface area contributed by atoms with Crippen LogP contribution < -0.4 is 20.9 Å². The van der Waals surface area contributed by atoms with Crippen molar-refractivity contribution in [3.63, 3.8) is 0 Å². The fourth-order valence-electron chi connectivity index (χ4n) is 4.13. The molecule has 0 aliphatic carbocycles. The van der Waals surface area contributed by atoms with Crippen LogP contribution in [-0.2, 0) is 11.3 Å². The van der Waals surface area contributed by atoms with Crippen LogP contribution in [0.1, 0.15) is 22.7 Å². The molecule has 0 amide bonds. The number of quaternary nitrogens is 1. The Kier molecular flexibility index (Phi) is 5.57. The largest absolute Gasteiger partial charge is 0.440 e. The summed E-state index contributed by atoms with van der Waals surface area (Å²) in [6.45, 7) is 6.48. The highest BCUT2D eigenvalue weighted by Crippen LogP contribution is 2.40. The van der Waals surface area contributed by atoms with Crippen LogP contribution >= 0.6 is 0 Å². The highest BCUT2D eigenvalue weighted by Gasteiger charge is 2.34. The molecule has 1 saturated heterocycles. The first-order chi connectivity index (χ1) is 14.5. The lowest BCUT2D eigenvalue weighted by Gasteiger charge is -2.28. The Balaban J connectivity index is 1.77. The van der Waals surface area contributed by atoms with E-state index in [4.69, 9.17) is 15.2 Å². The first-order valence-electron chi connectivity index (χ1n) is 9.98. The Morgan fingerprint density at radius 3 is 2.67 bits per heavy atom. The molecule has 30 heavy (non-hydrogen) atoms. The van der Waals surface area contributed by atoms with Gasteiger partial charge in [-0.3, -0.25) is 4.79 Å². The number of nitriles is 1. The summed E-state index contributed by atoms with van der Waals surface area (Å²) >= 11 is 0. The van der Waals surface area contributed by atoms with Crippen LogP contribution in [0.15, 0.2) is 46.6 Å². The molecular formula is C22H24FN4O3+. The van der Waals surface area contributed by atoms with Crippen molar-refractivity contribution >= 4 is 0 Å². The zero-order chi connectivity index (χ0) is 21.3. The first kappa shape index (κ1) is 20.1. The number of allylic oxidation sites excluding steroid dienone is 1. The van der Waals surface area contributed by atoms with Crippen molar-refractivity contribution in [1.29, 1.82) is 5.26 Å². The Hall–Kier alpha value is -3.15. The van der Waals surface area contributed by atoms with Gasteiger partial charge in [0.05, 0.1) is 37.8 Å². The Labute approximate surface area is 173 Å². The molecule has 1 aromatic heterocycles. The smallest absolute Gasteiger partial charge is 0.258 e. The Bertz CT molecular complexity index is 1080. The predicted octanol–water partition coefficient (Wildman–Crippen LogP) is 0.429. The van der Waals surface area contributed by atoms with Crippen molar-refractivity contribution < 1.29 is 18.8 Å². The number of morpholine rings is 1. The van der Waals surface area contributed by atoms with Crippen LogP contribution in [0.5, 0.6) is 5.75 Å². The first-order valence-corrected chi connectivity index (χ1v) is 9.98. The van der Waals surface area contributed by atoms with Gasteiger partial charge in [0.25, 0.3) is 5.56 Å². The van der Waals surface area contributed by atoms with Gasteiger partial charge < -0.3 is 24.7 Å². The molecule has 7 nitrogen and oxygen atoms in total. The minimum atomic E-state index is -0.700. The fourth-order valence-corrected chi connectivity index (χ4v) is 4.13. The van der Waals surface area contributed by atoms with Gasteiger partial charge in [-0.1, -0.05) is 12.1 Å². The quantitative estimate of drug-likeness (QED) is 0.761. The molecule has 2 aliphatic rings. The van der Waals surface area contributed by atoms with Crippen LogP contribution in [-0.4, -0.2) is 37.4 Å². The molecular weight excluding hydrogens is 387 g/mol. The van der Waals surface area contributed by atoms with E-state index in [-0.39, 0.29) is 17.0 Å². The summed E-state index contributed by atoms with van der Waals surface area (Å²) in [4.78, 5) is 14.9. The zero-order valence-corrected chi connectivity index (χ0v) is 16.8. The number of halogens is 1. The third kappa shape index (κ3) is 3.70. The summed E-state index contributed by atoms with van der Waals surface area (Å²) in [5.74, 6) is -0.780. The van der Waals surface area contributed by atoms with Gasteiger partial charge >= 0.3 is 0 Å². The van der Waals surface area contributed by atoms with E-state index in [0.29, 0.717) is 23.4 Å².